The molecule has 0 aromatic heterocycles. The van der Waals surface area contributed by atoms with Crippen molar-refractivity contribution in [3.63, 3.8) is 0 Å². The molecular weight excluding hydrogens is 518 g/mol. The van der Waals surface area contributed by atoms with E-state index in [2.05, 4.69) is 5.32 Å². The molecule has 2 amide bonds. The summed E-state index contributed by atoms with van der Waals surface area (Å²) in [6.45, 7) is -0.125. The molecule has 2 aromatic rings. The van der Waals surface area contributed by atoms with Gasteiger partial charge in [-0.3, -0.25) is 9.59 Å². The summed E-state index contributed by atoms with van der Waals surface area (Å²) < 4.78 is 41.1. The van der Waals surface area contributed by atoms with E-state index in [1.54, 1.807) is 0 Å². The maximum absolute atomic E-state index is 13.5. The van der Waals surface area contributed by atoms with E-state index in [0.29, 0.717) is 0 Å². The Balaban J connectivity index is 1.92. The van der Waals surface area contributed by atoms with Gasteiger partial charge in [0.25, 0.3) is 5.91 Å². The third-order valence-electron chi connectivity index (χ3n) is 5.03. The van der Waals surface area contributed by atoms with Crippen LogP contribution in [0, 0.1) is 5.82 Å². The van der Waals surface area contributed by atoms with Crippen LogP contribution in [-0.4, -0.2) is 68.2 Å². The largest absolute Gasteiger partial charge is 0.353 e. The van der Waals surface area contributed by atoms with Crippen LogP contribution in [0.3, 0.4) is 0 Å². The monoisotopic (exact) mass is 536 g/mol. The first-order valence-corrected chi connectivity index (χ1v) is 12.3. The molecule has 0 radical (unpaired) electrons. The summed E-state index contributed by atoms with van der Waals surface area (Å²) in [6.07, 6.45) is 0. The van der Waals surface area contributed by atoms with Crippen LogP contribution in [0.5, 0.6) is 0 Å². The minimum atomic E-state index is -4.23. The van der Waals surface area contributed by atoms with Crippen LogP contribution in [0.4, 0.5) is 4.39 Å². The number of hydrogen-bond donors (Lipinski definition) is 2. The summed E-state index contributed by atoms with van der Waals surface area (Å²) >= 11 is 17.7. The second-order valence-corrected chi connectivity index (χ2v) is 10.3. The van der Waals surface area contributed by atoms with Crippen LogP contribution in [0.25, 0.3) is 0 Å². The normalized spacial score (nSPS) is 17.1. The van der Waals surface area contributed by atoms with Gasteiger partial charge in [0.05, 0.1) is 20.0 Å². The molecule has 1 aliphatic rings. The number of halogens is 4. The molecule has 8 nitrogen and oxygen atoms in total. The fourth-order valence-electron chi connectivity index (χ4n) is 3.35. The van der Waals surface area contributed by atoms with Crippen molar-refractivity contribution in [2.75, 3.05) is 32.7 Å². The van der Waals surface area contributed by atoms with Crippen LogP contribution in [0.15, 0.2) is 41.3 Å². The van der Waals surface area contributed by atoms with Crippen molar-refractivity contribution >= 4 is 56.6 Å². The van der Waals surface area contributed by atoms with E-state index in [4.69, 9.17) is 40.5 Å². The maximum atomic E-state index is 13.5. The standard InChI is InChI=1S/C20H20Cl3FN4O4S/c21-14-3-1-12(9-15(14)22)20(30)27-7-8-28(18(11-27)19(29)26-6-5-25)33(31,32)13-2-4-17(24)16(23)10-13/h1-4,9-10,18H,5-8,11,25H2,(H,26,29). The molecule has 178 valence electrons. The molecule has 0 spiro atoms. The lowest BCUT2D eigenvalue weighted by atomic mass is 10.1. The lowest BCUT2D eigenvalue weighted by Gasteiger charge is -2.39. The molecule has 1 fully saturated rings. The Morgan fingerprint density at radius 1 is 1.06 bits per heavy atom. The Labute approximate surface area is 205 Å². The number of nitrogens with zero attached hydrogens (tertiary/aromatic N) is 2. The first kappa shape index (κ1) is 25.7. The summed E-state index contributed by atoms with van der Waals surface area (Å²) in [5.41, 5.74) is 5.68. The number of piperazine rings is 1. The SMILES string of the molecule is NCCNC(=O)C1CN(C(=O)c2ccc(Cl)c(Cl)c2)CCN1S(=O)(=O)c1ccc(F)c(Cl)c1. The first-order chi connectivity index (χ1) is 15.6. The van der Waals surface area contributed by atoms with E-state index in [0.717, 1.165) is 22.5 Å². The average Bonchev–Trinajstić information content (AvgIpc) is 2.80. The van der Waals surface area contributed by atoms with Crippen LogP contribution in [-0.2, 0) is 14.8 Å². The Kier molecular flexibility index (Phi) is 8.20. The van der Waals surface area contributed by atoms with Crippen molar-refractivity contribution in [1.29, 1.82) is 0 Å². The molecule has 3 N–H and O–H groups in total. The summed E-state index contributed by atoms with van der Waals surface area (Å²) in [5.74, 6) is -1.83. The quantitative estimate of drug-likeness (QED) is 0.587. The molecule has 1 unspecified atom stereocenters. The number of benzene rings is 2. The number of hydrogen-bond acceptors (Lipinski definition) is 5. The highest BCUT2D eigenvalue weighted by molar-refractivity contribution is 7.89. The van der Waals surface area contributed by atoms with Crippen molar-refractivity contribution in [1.82, 2.24) is 14.5 Å². The summed E-state index contributed by atoms with van der Waals surface area (Å²) in [7, 11) is -4.23. The summed E-state index contributed by atoms with van der Waals surface area (Å²) in [5, 5.41) is 2.66. The predicted molar refractivity (Wildman–Crippen MR) is 124 cm³/mol. The molecule has 0 aliphatic carbocycles. The van der Waals surface area contributed by atoms with Gasteiger partial charge in [-0.15, -0.1) is 0 Å². The Morgan fingerprint density at radius 3 is 2.42 bits per heavy atom. The highest BCUT2D eigenvalue weighted by Crippen LogP contribution is 2.27. The smallest absolute Gasteiger partial charge is 0.254 e. The molecular formula is C20H20Cl3FN4O4S. The van der Waals surface area contributed by atoms with Gasteiger partial charge >= 0.3 is 0 Å². The third kappa shape index (κ3) is 5.59. The molecule has 0 saturated carbocycles. The highest BCUT2D eigenvalue weighted by atomic mass is 35.5. The highest BCUT2D eigenvalue weighted by Gasteiger charge is 2.41. The lowest BCUT2D eigenvalue weighted by molar-refractivity contribution is -0.126. The molecule has 1 atom stereocenters. The van der Waals surface area contributed by atoms with Crippen molar-refractivity contribution in [2.24, 2.45) is 5.73 Å². The molecule has 13 heteroatoms. The zero-order valence-corrected chi connectivity index (χ0v) is 20.2. The Bertz CT molecular complexity index is 1180. The molecule has 2 aromatic carbocycles. The van der Waals surface area contributed by atoms with Gasteiger partial charge in [-0.25, -0.2) is 12.8 Å². The third-order valence-corrected chi connectivity index (χ3v) is 7.96. The number of nitrogens with one attached hydrogen (secondary N) is 1. The molecule has 1 heterocycles. The van der Waals surface area contributed by atoms with E-state index >= 15 is 0 Å². The predicted octanol–water partition coefficient (Wildman–Crippen LogP) is 2.38. The number of carbonyl (C=O) groups excluding carboxylic acids is 2. The van der Waals surface area contributed by atoms with Gasteiger partial charge in [-0.1, -0.05) is 34.8 Å². The summed E-state index contributed by atoms with van der Waals surface area (Å²) in [6, 6.07) is 6.10. The van der Waals surface area contributed by atoms with Gasteiger partial charge in [0, 0.05) is 38.3 Å². The van der Waals surface area contributed by atoms with E-state index in [9.17, 15) is 22.4 Å². The fourth-order valence-corrected chi connectivity index (χ4v) is 5.49. The zero-order valence-electron chi connectivity index (χ0n) is 17.1. The minimum Gasteiger partial charge on any atom is -0.353 e. The zero-order chi connectivity index (χ0) is 24.3. The topological polar surface area (TPSA) is 113 Å². The van der Waals surface area contributed by atoms with Gasteiger partial charge in [0.1, 0.15) is 11.9 Å². The minimum absolute atomic E-state index is 0.00784. The Hall–Kier alpha value is -1.95. The van der Waals surface area contributed by atoms with Crippen molar-refractivity contribution in [2.45, 2.75) is 10.9 Å². The second kappa shape index (κ2) is 10.5. The van der Waals surface area contributed by atoms with Crippen LogP contribution >= 0.6 is 34.8 Å². The van der Waals surface area contributed by atoms with Gasteiger partial charge in [0.15, 0.2) is 0 Å². The molecule has 33 heavy (non-hydrogen) atoms. The Morgan fingerprint density at radius 2 is 1.79 bits per heavy atom. The van der Waals surface area contributed by atoms with E-state index in [1.165, 1.54) is 23.1 Å². The van der Waals surface area contributed by atoms with Crippen LogP contribution in [0.1, 0.15) is 10.4 Å². The first-order valence-electron chi connectivity index (χ1n) is 9.75. The second-order valence-electron chi connectivity index (χ2n) is 7.17. The van der Waals surface area contributed by atoms with Crippen molar-refractivity contribution < 1.29 is 22.4 Å². The summed E-state index contributed by atoms with van der Waals surface area (Å²) in [4.78, 5) is 26.9. The number of rotatable bonds is 6. The molecule has 0 bridgehead atoms. The number of carbonyl (C=O) groups is 2. The van der Waals surface area contributed by atoms with E-state index in [-0.39, 0.29) is 58.3 Å². The fraction of sp³-hybridized carbons (Fsp3) is 0.300. The number of amides is 2. The van der Waals surface area contributed by atoms with Gasteiger partial charge in [-0.05, 0) is 36.4 Å². The van der Waals surface area contributed by atoms with Crippen LogP contribution in [0.2, 0.25) is 15.1 Å². The average molecular weight is 538 g/mol. The molecule has 1 aliphatic heterocycles. The van der Waals surface area contributed by atoms with Gasteiger partial charge < -0.3 is 16.0 Å². The van der Waals surface area contributed by atoms with Gasteiger partial charge in [-0.2, -0.15) is 4.31 Å². The van der Waals surface area contributed by atoms with Crippen LogP contribution < -0.4 is 11.1 Å². The molecule has 1 saturated heterocycles. The maximum Gasteiger partial charge on any atom is 0.254 e. The molecule has 3 rings (SSSR count). The van der Waals surface area contributed by atoms with E-state index in [1.807, 2.05) is 0 Å². The van der Waals surface area contributed by atoms with Crippen molar-refractivity contribution in [3.05, 3.63) is 62.8 Å². The lowest BCUT2D eigenvalue weighted by Crippen LogP contribution is -2.61. The van der Waals surface area contributed by atoms with Gasteiger partial charge in [0.2, 0.25) is 15.9 Å². The number of nitrogens with two attached hydrogens (primary N) is 1. The number of sulfonamides is 1. The van der Waals surface area contributed by atoms with E-state index < -0.39 is 33.7 Å². The van der Waals surface area contributed by atoms with Crippen molar-refractivity contribution in [3.8, 4) is 0 Å².